The summed E-state index contributed by atoms with van der Waals surface area (Å²) in [6.45, 7) is 0. The number of hydrogen-bond acceptors (Lipinski definition) is 24. The van der Waals surface area contributed by atoms with Crippen LogP contribution in [-0.4, -0.2) is 139 Å². The molecule has 0 spiro atoms. The first kappa shape index (κ1) is 71.9. The zero-order chi connectivity index (χ0) is 64.7. The molecule has 8 aromatic rings. The van der Waals surface area contributed by atoms with Crippen molar-refractivity contribution < 1.29 is 75.5 Å². The number of rotatable bonds is 19. The fourth-order valence-electron chi connectivity index (χ4n) is 7.32. The number of aliphatic hydroxyl groups excluding tert-OH is 2. The van der Waals surface area contributed by atoms with E-state index in [4.69, 9.17) is 14.2 Å². The maximum atomic E-state index is 13.1. The molecule has 88 heavy (non-hydrogen) atoms. The van der Waals surface area contributed by atoms with Gasteiger partial charge in [0.2, 0.25) is 0 Å². The molecule has 4 aromatic heterocycles. The smallest absolute Gasteiger partial charge is 0.321 e. The number of esters is 4. The lowest BCUT2D eigenvalue weighted by molar-refractivity contribution is -0.146. The third kappa shape index (κ3) is 22.6. The second kappa shape index (κ2) is 37.9. The van der Waals surface area contributed by atoms with E-state index in [1.54, 1.807) is 30.7 Å². The summed E-state index contributed by atoms with van der Waals surface area (Å²) in [5.41, 5.74) is 3.15. The van der Waals surface area contributed by atoms with Gasteiger partial charge in [0.25, 0.3) is 0 Å². The van der Waals surface area contributed by atoms with Crippen molar-refractivity contribution >= 4 is 83.0 Å². The molecule has 4 aromatic carbocycles. The van der Waals surface area contributed by atoms with E-state index < -0.39 is 71.1 Å². The van der Waals surface area contributed by atoms with Gasteiger partial charge in [-0.05, 0) is 120 Å². The van der Waals surface area contributed by atoms with E-state index in [-0.39, 0.29) is 23.9 Å². The van der Waals surface area contributed by atoms with E-state index >= 15 is 0 Å². The van der Waals surface area contributed by atoms with Gasteiger partial charge >= 0.3 is 23.9 Å². The highest BCUT2D eigenvalue weighted by molar-refractivity contribution is 7.99. The summed E-state index contributed by atoms with van der Waals surface area (Å²) >= 11 is 5.35. The van der Waals surface area contributed by atoms with Gasteiger partial charge in [-0.2, -0.15) is 0 Å². The van der Waals surface area contributed by atoms with E-state index in [1.807, 2.05) is 18.8 Å². The average Bonchev–Trinajstić information content (AvgIpc) is 3.12. The van der Waals surface area contributed by atoms with Crippen LogP contribution in [0, 0.1) is 23.3 Å². The molecule has 0 fully saturated rings. The number of ether oxygens (including phenoxy) is 4. The first-order chi connectivity index (χ1) is 42.3. The SMILES string of the molecule is COC(=O)C(C(=O)c1ccnc(SC)n1)c1ccc(F)cc1.COC(=O)C(c1ccc(F)cc1)C(O)c1ccnc(SC)n1.COC(=O)C(c1ccc(F)cc1)C(O)c1ccnc(SC)n1.COC(=O)Cc1ccc(F)cc1.CSc1nccc(C=O)n1. The van der Waals surface area contributed by atoms with Crippen molar-refractivity contribution in [2.24, 2.45) is 0 Å². The summed E-state index contributed by atoms with van der Waals surface area (Å²) in [6, 6.07) is 27.6. The number of halogens is 4. The summed E-state index contributed by atoms with van der Waals surface area (Å²) in [5.74, 6) is -7.57. The normalized spacial score (nSPS) is 12.0. The molecule has 0 bridgehead atoms. The second-order valence-corrected chi connectivity index (χ2v) is 20.3. The van der Waals surface area contributed by atoms with Crippen molar-refractivity contribution in [1.82, 2.24) is 39.9 Å². The van der Waals surface area contributed by atoms with E-state index in [2.05, 4.69) is 44.6 Å². The Morgan fingerprint density at radius 2 is 0.807 bits per heavy atom. The Kier molecular flexibility index (Phi) is 31.0. The van der Waals surface area contributed by atoms with Gasteiger partial charge in [-0.1, -0.05) is 95.6 Å². The Morgan fingerprint density at radius 1 is 0.455 bits per heavy atom. The number of aromatic nitrogens is 8. The number of methoxy groups -OCH3 is 4. The fraction of sp³-hybridized carbons (Fsp3) is 0.233. The standard InChI is InChI=1S/2C15H15FN2O3S.C15H13FN2O3S.C9H9FO2.C6H6N2OS/c3*1-21-14(20)12(9-3-5-10(16)6-4-9)13(19)11-7-8-17-15(18-11)22-2;1-12-9(11)6-7-2-4-8(10)5-3-7;1-10-6-7-3-2-5(4-9)8-6/h2*3-8,12-13,19H,1-2H3;3-8,12H,1-2H3;2-5H,6H2,1H3;2-4H,1H3. The number of nitrogens with zero attached hydrogens (tertiary/aromatic N) is 8. The zero-order valence-corrected chi connectivity index (χ0v) is 51.5. The molecule has 4 heterocycles. The molecule has 0 saturated heterocycles. The van der Waals surface area contributed by atoms with Gasteiger partial charge in [0, 0.05) is 24.8 Å². The van der Waals surface area contributed by atoms with Gasteiger partial charge < -0.3 is 29.2 Å². The third-order valence-corrected chi connectivity index (χ3v) is 13.9. The summed E-state index contributed by atoms with van der Waals surface area (Å²) in [5, 5.41) is 23.1. The summed E-state index contributed by atoms with van der Waals surface area (Å²) < 4.78 is 70.2. The highest BCUT2D eigenvalue weighted by Gasteiger charge is 2.34. The fourth-order valence-corrected chi connectivity index (χ4v) is 8.76. The summed E-state index contributed by atoms with van der Waals surface area (Å²) in [4.78, 5) is 102. The number of aldehydes is 1. The number of aliphatic hydroxyl groups is 2. The van der Waals surface area contributed by atoms with Crippen LogP contribution >= 0.6 is 47.0 Å². The van der Waals surface area contributed by atoms with Crippen molar-refractivity contribution in [3.05, 3.63) is 214 Å². The molecule has 0 radical (unpaired) electrons. The van der Waals surface area contributed by atoms with Crippen molar-refractivity contribution in [3.8, 4) is 0 Å². The lowest BCUT2D eigenvalue weighted by atomic mass is 9.91. The minimum atomic E-state index is -1.22. The molecule has 0 saturated carbocycles. The second-order valence-electron chi connectivity index (χ2n) is 17.2. The van der Waals surface area contributed by atoms with Crippen molar-refractivity contribution in [2.75, 3.05) is 53.5 Å². The van der Waals surface area contributed by atoms with Crippen LogP contribution in [0.1, 0.15) is 84.6 Å². The monoisotopic (exact) mass is 1290 g/mol. The number of Topliss-reactive ketones (excluding diaryl/α,β-unsaturated/α-hetero) is 1. The van der Waals surface area contributed by atoms with Crippen molar-refractivity contribution in [2.45, 2.75) is 57.0 Å². The molecule has 2 N–H and O–H groups in total. The van der Waals surface area contributed by atoms with Crippen LogP contribution < -0.4 is 0 Å². The molecular formula is C60H58F4N8O12S4. The van der Waals surface area contributed by atoms with Crippen molar-refractivity contribution in [1.29, 1.82) is 0 Å². The minimum absolute atomic E-state index is 0.110. The number of benzene rings is 4. The Hall–Kier alpha value is -8.54. The molecule has 0 aliphatic carbocycles. The number of carbonyl (C=O) groups is 6. The van der Waals surface area contributed by atoms with E-state index in [0.717, 1.165) is 5.56 Å². The number of ketones is 1. The highest BCUT2D eigenvalue weighted by atomic mass is 32.2. The Bertz CT molecular complexity index is 3420. The Labute approximate surface area is 520 Å². The number of thioether (sulfide) groups is 4. The molecule has 0 aliphatic heterocycles. The molecule has 0 amide bonds. The van der Waals surface area contributed by atoms with Gasteiger partial charge in [-0.3, -0.25) is 28.8 Å². The first-order valence-electron chi connectivity index (χ1n) is 25.4. The Balaban J connectivity index is 0.000000242. The topological polar surface area (TPSA) is 283 Å². The zero-order valence-electron chi connectivity index (χ0n) is 48.2. The van der Waals surface area contributed by atoms with Gasteiger partial charge in [0.1, 0.15) is 64.6 Å². The molecular weight excluding hydrogens is 1230 g/mol. The molecule has 28 heteroatoms. The predicted octanol–water partition coefficient (Wildman–Crippen LogP) is 9.68. The molecule has 462 valence electrons. The lowest BCUT2D eigenvalue weighted by Gasteiger charge is -2.21. The van der Waals surface area contributed by atoms with Gasteiger partial charge in [-0.15, -0.1) is 0 Å². The summed E-state index contributed by atoms with van der Waals surface area (Å²) in [7, 11) is 4.99. The van der Waals surface area contributed by atoms with Crippen LogP contribution in [0.2, 0.25) is 0 Å². The Morgan fingerprint density at radius 3 is 1.18 bits per heavy atom. The van der Waals surface area contributed by atoms with Crippen LogP contribution in [0.4, 0.5) is 17.6 Å². The highest BCUT2D eigenvalue weighted by Crippen LogP contribution is 2.34. The van der Waals surface area contributed by atoms with Gasteiger partial charge in [-0.25, -0.2) is 57.4 Å². The quantitative estimate of drug-likeness (QED) is 0.0111. The van der Waals surface area contributed by atoms with Crippen LogP contribution in [0.15, 0.2) is 167 Å². The minimum Gasteiger partial charge on any atom is -0.469 e. The molecule has 0 aliphatic rings. The maximum Gasteiger partial charge on any atom is 0.321 e. The van der Waals surface area contributed by atoms with E-state index in [1.165, 1.54) is 197 Å². The summed E-state index contributed by atoms with van der Waals surface area (Å²) in [6.07, 6.45) is 11.8. The first-order valence-corrected chi connectivity index (χ1v) is 30.3. The average molecular weight is 1290 g/mol. The number of hydrogen-bond donors (Lipinski definition) is 2. The van der Waals surface area contributed by atoms with E-state index in [9.17, 15) is 56.5 Å². The lowest BCUT2D eigenvalue weighted by Crippen LogP contribution is -2.24. The van der Waals surface area contributed by atoms with Crippen LogP contribution in [-0.2, 0) is 44.5 Å². The molecule has 5 atom stereocenters. The largest absolute Gasteiger partial charge is 0.469 e. The third-order valence-electron chi connectivity index (χ3n) is 11.7. The molecule has 8 rings (SSSR count). The number of carbonyl (C=O) groups excluding carboxylic acids is 6. The van der Waals surface area contributed by atoms with E-state index in [0.29, 0.717) is 60.7 Å². The van der Waals surface area contributed by atoms with Crippen molar-refractivity contribution in [3.63, 3.8) is 0 Å². The van der Waals surface area contributed by atoms with Gasteiger partial charge in [0.15, 0.2) is 32.7 Å². The van der Waals surface area contributed by atoms with Crippen LogP contribution in [0.3, 0.4) is 0 Å². The van der Waals surface area contributed by atoms with Crippen LogP contribution in [0.25, 0.3) is 0 Å². The predicted molar refractivity (Wildman–Crippen MR) is 320 cm³/mol. The maximum absolute atomic E-state index is 13.1. The molecule has 20 nitrogen and oxygen atoms in total. The van der Waals surface area contributed by atoms with Crippen LogP contribution in [0.5, 0.6) is 0 Å². The molecule has 5 unspecified atom stereocenters. The van der Waals surface area contributed by atoms with Gasteiger partial charge in [0.05, 0.1) is 46.2 Å².